The Kier molecular flexibility index (Phi) is 7.46. The zero-order valence-corrected chi connectivity index (χ0v) is 8.56. The lowest BCUT2D eigenvalue weighted by Crippen LogP contribution is -1.84. The van der Waals surface area contributed by atoms with Crippen LogP contribution in [0, 0.1) is 0 Å². The van der Waals surface area contributed by atoms with Gasteiger partial charge in [-0.15, -0.1) is 0 Å². The third kappa shape index (κ3) is 6.20. The molecule has 1 rings (SSSR count). The van der Waals surface area contributed by atoms with Crippen LogP contribution in [0.1, 0.15) is 24.2 Å². The maximum Gasteiger partial charge on any atom is 0.150 e. The normalized spacial score (nSPS) is 8.71. The van der Waals surface area contributed by atoms with Crippen LogP contribution < -0.4 is 0 Å². The van der Waals surface area contributed by atoms with Crippen molar-refractivity contribution in [2.24, 2.45) is 0 Å². The zero-order chi connectivity index (χ0) is 10.8. The number of hydrogen-bond acceptors (Lipinski definition) is 3. The molecule has 0 heterocycles. The Labute approximate surface area is 84.3 Å². The summed E-state index contributed by atoms with van der Waals surface area (Å²) in [4.78, 5) is 10.0. The second-order valence-corrected chi connectivity index (χ2v) is 2.49. The van der Waals surface area contributed by atoms with Gasteiger partial charge in [0, 0.05) is 18.8 Å². The van der Waals surface area contributed by atoms with Crippen LogP contribution in [0.4, 0.5) is 0 Å². The number of phenols is 1. The van der Waals surface area contributed by atoms with Crippen LogP contribution in [-0.2, 0) is 4.74 Å². The molecule has 0 fully saturated rings. The second-order valence-electron chi connectivity index (χ2n) is 2.49. The standard InChI is InChI=1S/C7H6O2.C4H10O/c8-5-6-1-3-7(9)4-2-6;1-3-5-4-2/h1-5,9H;3-4H2,1-2H3. The van der Waals surface area contributed by atoms with Gasteiger partial charge in [0.15, 0.2) is 0 Å². The Morgan fingerprint density at radius 2 is 1.71 bits per heavy atom. The summed E-state index contributed by atoms with van der Waals surface area (Å²) in [6, 6.07) is 6.07. The molecule has 0 unspecified atom stereocenters. The quantitative estimate of drug-likeness (QED) is 0.754. The fourth-order valence-corrected chi connectivity index (χ4v) is 0.757. The van der Waals surface area contributed by atoms with Crippen LogP contribution in [0.5, 0.6) is 5.75 Å². The van der Waals surface area contributed by atoms with Crippen molar-refractivity contribution in [2.75, 3.05) is 13.2 Å². The summed E-state index contributed by atoms with van der Waals surface area (Å²) >= 11 is 0. The van der Waals surface area contributed by atoms with Crippen molar-refractivity contribution in [1.82, 2.24) is 0 Å². The number of carbonyl (C=O) groups is 1. The maximum absolute atomic E-state index is 10.0. The van der Waals surface area contributed by atoms with Crippen molar-refractivity contribution in [3.63, 3.8) is 0 Å². The Morgan fingerprint density at radius 1 is 1.21 bits per heavy atom. The van der Waals surface area contributed by atoms with Crippen molar-refractivity contribution in [3.05, 3.63) is 29.8 Å². The molecule has 3 heteroatoms. The molecular formula is C11H16O3. The molecule has 1 N–H and O–H groups in total. The molecule has 0 atom stereocenters. The lowest BCUT2D eigenvalue weighted by atomic mass is 10.2. The first kappa shape index (κ1) is 12.7. The summed E-state index contributed by atoms with van der Waals surface area (Å²) in [7, 11) is 0. The molecular weight excluding hydrogens is 180 g/mol. The molecule has 0 amide bonds. The molecule has 3 nitrogen and oxygen atoms in total. The fourth-order valence-electron chi connectivity index (χ4n) is 0.757. The van der Waals surface area contributed by atoms with Gasteiger partial charge in [-0.2, -0.15) is 0 Å². The highest BCUT2D eigenvalue weighted by molar-refractivity contribution is 5.74. The minimum Gasteiger partial charge on any atom is -0.508 e. The predicted molar refractivity (Wildman–Crippen MR) is 55.7 cm³/mol. The molecule has 0 bridgehead atoms. The number of carbonyl (C=O) groups excluding carboxylic acids is 1. The number of aldehydes is 1. The molecule has 14 heavy (non-hydrogen) atoms. The molecule has 0 aliphatic heterocycles. The summed E-state index contributed by atoms with van der Waals surface area (Å²) in [5.74, 6) is 0.181. The third-order valence-electron chi connectivity index (χ3n) is 1.44. The minimum atomic E-state index is 0.181. The van der Waals surface area contributed by atoms with Gasteiger partial charge in [0.25, 0.3) is 0 Å². The molecule has 0 saturated carbocycles. The van der Waals surface area contributed by atoms with Crippen molar-refractivity contribution in [1.29, 1.82) is 0 Å². The van der Waals surface area contributed by atoms with Crippen LogP contribution in [0.3, 0.4) is 0 Å². The van der Waals surface area contributed by atoms with Crippen molar-refractivity contribution in [2.45, 2.75) is 13.8 Å². The van der Waals surface area contributed by atoms with Crippen molar-refractivity contribution >= 4 is 6.29 Å². The minimum absolute atomic E-state index is 0.181. The third-order valence-corrected chi connectivity index (χ3v) is 1.44. The van der Waals surface area contributed by atoms with E-state index < -0.39 is 0 Å². The van der Waals surface area contributed by atoms with E-state index in [1.165, 1.54) is 12.1 Å². The van der Waals surface area contributed by atoms with Gasteiger partial charge < -0.3 is 9.84 Å². The van der Waals surface area contributed by atoms with Gasteiger partial charge in [-0.05, 0) is 38.1 Å². The first-order chi connectivity index (χ1) is 6.74. The number of rotatable bonds is 3. The monoisotopic (exact) mass is 196 g/mol. The Hall–Kier alpha value is -1.35. The van der Waals surface area contributed by atoms with Gasteiger partial charge in [-0.1, -0.05) is 0 Å². The smallest absolute Gasteiger partial charge is 0.150 e. The average Bonchev–Trinajstić information content (AvgIpc) is 2.21. The van der Waals surface area contributed by atoms with Gasteiger partial charge in [-0.25, -0.2) is 0 Å². The van der Waals surface area contributed by atoms with E-state index in [1.54, 1.807) is 12.1 Å². The van der Waals surface area contributed by atoms with Crippen LogP contribution in [-0.4, -0.2) is 24.6 Å². The second kappa shape index (κ2) is 8.26. The van der Waals surface area contributed by atoms with E-state index >= 15 is 0 Å². The molecule has 0 radical (unpaired) electrons. The predicted octanol–water partition coefficient (Wildman–Crippen LogP) is 2.25. The van der Waals surface area contributed by atoms with Crippen molar-refractivity contribution in [3.8, 4) is 5.75 Å². The number of benzene rings is 1. The Balaban J connectivity index is 0.000000292. The molecule has 1 aromatic rings. The van der Waals surface area contributed by atoms with Gasteiger partial charge >= 0.3 is 0 Å². The number of ether oxygens (including phenoxy) is 1. The van der Waals surface area contributed by atoms with Crippen LogP contribution in [0.15, 0.2) is 24.3 Å². The van der Waals surface area contributed by atoms with Crippen molar-refractivity contribution < 1.29 is 14.6 Å². The van der Waals surface area contributed by atoms with E-state index in [0.29, 0.717) is 5.56 Å². The first-order valence-electron chi connectivity index (χ1n) is 4.56. The van der Waals surface area contributed by atoms with Gasteiger partial charge in [0.1, 0.15) is 12.0 Å². The number of phenolic OH excluding ortho intramolecular Hbond substituents is 1. The molecule has 78 valence electrons. The highest BCUT2D eigenvalue weighted by atomic mass is 16.5. The molecule has 0 aliphatic rings. The van der Waals surface area contributed by atoms with Crippen LogP contribution in [0.25, 0.3) is 0 Å². The number of hydrogen-bond donors (Lipinski definition) is 1. The van der Waals surface area contributed by atoms with E-state index in [9.17, 15) is 4.79 Å². The largest absolute Gasteiger partial charge is 0.508 e. The summed E-state index contributed by atoms with van der Waals surface area (Å²) < 4.78 is 4.83. The first-order valence-corrected chi connectivity index (χ1v) is 4.56. The van der Waals surface area contributed by atoms with E-state index in [-0.39, 0.29) is 5.75 Å². The average molecular weight is 196 g/mol. The SMILES string of the molecule is CCOCC.O=Cc1ccc(O)cc1. The van der Waals surface area contributed by atoms with Crippen LogP contribution >= 0.6 is 0 Å². The molecule has 1 aromatic carbocycles. The Bertz CT molecular complexity index is 239. The van der Waals surface area contributed by atoms with Gasteiger partial charge in [0.05, 0.1) is 0 Å². The fraction of sp³-hybridized carbons (Fsp3) is 0.364. The summed E-state index contributed by atoms with van der Waals surface area (Å²) in [6.07, 6.45) is 0.736. The van der Waals surface area contributed by atoms with E-state index in [1.807, 2.05) is 13.8 Å². The lowest BCUT2D eigenvalue weighted by Gasteiger charge is -1.88. The highest BCUT2D eigenvalue weighted by Crippen LogP contribution is 2.07. The number of aromatic hydroxyl groups is 1. The van der Waals surface area contributed by atoms with E-state index in [4.69, 9.17) is 9.84 Å². The molecule has 0 aromatic heterocycles. The van der Waals surface area contributed by atoms with E-state index in [0.717, 1.165) is 19.5 Å². The maximum atomic E-state index is 10.0. The zero-order valence-electron chi connectivity index (χ0n) is 8.56. The molecule has 0 aliphatic carbocycles. The van der Waals surface area contributed by atoms with Gasteiger partial charge in [-0.3, -0.25) is 4.79 Å². The summed E-state index contributed by atoms with van der Waals surface area (Å²) in [5.41, 5.74) is 0.577. The summed E-state index contributed by atoms with van der Waals surface area (Å²) in [5, 5.41) is 8.74. The topological polar surface area (TPSA) is 46.5 Å². The molecule has 0 spiro atoms. The summed E-state index contributed by atoms with van der Waals surface area (Å²) in [6.45, 7) is 5.67. The highest BCUT2D eigenvalue weighted by Gasteiger charge is 1.86. The van der Waals surface area contributed by atoms with Crippen LogP contribution in [0.2, 0.25) is 0 Å². The van der Waals surface area contributed by atoms with Gasteiger partial charge in [0.2, 0.25) is 0 Å². The molecule has 0 saturated heterocycles. The lowest BCUT2D eigenvalue weighted by molar-refractivity contribution is 0.112. The van der Waals surface area contributed by atoms with E-state index in [2.05, 4.69) is 0 Å². The Morgan fingerprint density at radius 3 is 2.00 bits per heavy atom.